The molecule has 0 radical (unpaired) electrons. The van der Waals surface area contributed by atoms with Gasteiger partial charge in [-0.05, 0) is 40.2 Å². The fraction of sp³-hybridized carbons (Fsp3) is 0.643. The quantitative estimate of drug-likeness (QED) is 0.783. The topological polar surface area (TPSA) is 87.3 Å². The summed E-state index contributed by atoms with van der Waals surface area (Å²) in [5.74, 6) is -0.201. The number of amides is 2. The summed E-state index contributed by atoms with van der Waals surface area (Å²) in [5, 5.41) is 9.07. The van der Waals surface area contributed by atoms with Crippen molar-refractivity contribution in [1.29, 1.82) is 0 Å². The molecule has 0 spiro atoms. The number of aromatic nitrogens is 2. The molecule has 21 heavy (non-hydrogen) atoms. The Kier molecular flexibility index (Phi) is 6.20. The molecule has 1 aromatic rings. The van der Waals surface area contributed by atoms with Crippen LogP contribution in [0, 0.1) is 0 Å². The van der Waals surface area contributed by atoms with Crippen molar-refractivity contribution in [3.8, 4) is 0 Å². The molecular formula is C14H24N4O3. The molecule has 2 amide bonds. The van der Waals surface area contributed by atoms with Crippen molar-refractivity contribution in [1.82, 2.24) is 20.4 Å². The van der Waals surface area contributed by atoms with Gasteiger partial charge < -0.3 is 15.0 Å². The number of hydrogen-bond acceptors (Lipinski definition) is 4. The fourth-order valence-electron chi connectivity index (χ4n) is 1.65. The Morgan fingerprint density at radius 2 is 2.14 bits per heavy atom. The van der Waals surface area contributed by atoms with Crippen LogP contribution in [0.15, 0.2) is 12.3 Å². The van der Waals surface area contributed by atoms with Crippen molar-refractivity contribution < 1.29 is 14.3 Å². The first kappa shape index (κ1) is 17.0. The van der Waals surface area contributed by atoms with E-state index in [1.807, 2.05) is 27.7 Å². The van der Waals surface area contributed by atoms with Crippen molar-refractivity contribution in [2.45, 2.75) is 39.7 Å². The highest BCUT2D eigenvalue weighted by molar-refractivity contribution is 5.92. The molecule has 1 rings (SSSR count). The van der Waals surface area contributed by atoms with E-state index in [4.69, 9.17) is 4.74 Å². The highest BCUT2D eigenvalue weighted by Gasteiger charge is 2.20. The lowest BCUT2D eigenvalue weighted by Gasteiger charge is -2.26. The van der Waals surface area contributed by atoms with Crippen LogP contribution in [0.5, 0.6) is 0 Å². The number of aromatic amines is 1. The highest BCUT2D eigenvalue weighted by Crippen LogP contribution is 2.10. The first-order valence-corrected chi connectivity index (χ1v) is 7.09. The lowest BCUT2D eigenvalue weighted by atomic mass is 10.2. The average molecular weight is 296 g/mol. The van der Waals surface area contributed by atoms with Crippen LogP contribution < -0.4 is 5.32 Å². The van der Waals surface area contributed by atoms with Crippen molar-refractivity contribution in [2.24, 2.45) is 0 Å². The summed E-state index contributed by atoms with van der Waals surface area (Å²) in [6.45, 7) is 9.00. The second kappa shape index (κ2) is 7.66. The first-order valence-electron chi connectivity index (χ1n) is 7.09. The van der Waals surface area contributed by atoms with Crippen LogP contribution in [0.1, 0.15) is 44.6 Å². The predicted molar refractivity (Wildman–Crippen MR) is 79.0 cm³/mol. The SMILES string of the molecule is CCN(CCCNC(=O)c1ccn[nH]1)C(=O)OC(C)(C)C. The third-order valence-corrected chi connectivity index (χ3v) is 2.67. The third kappa shape index (κ3) is 6.29. The van der Waals surface area contributed by atoms with Gasteiger partial charge in [0.2, 0.25) is 0 Å². The van der Waals surface area contributed by atoms with Gasteiger partial charge in [0.05, 0.1) is 0 Å². The average Bonchev–Trinajstić information content (AvgIpc) is 2.90. The van der Waals surface area contributed by atoms with Crippen LogP contribution in [-0.4, -0.2) is 52.3 Å². The van der Waals surface area contributed by atoms with Crippen LogP contribution in [0.3, 0.4) is 0 Å². The molecule has 7 heteroatoms. The molecule has 0 aliphatic carbocycles. The summed E-state index contributed by atoms with van der Waals surface area (Å²) < 4.78 is 5.31. The maximum Gasteiger partial charge on any atom is 0.410 e. The number of H-pyrrole nitrogens is 1. The van der Waals surface area contributed by atoms with E-state index in [0.29, 0.717) is 31.7 Å². The summed E-state index contributed by atoms with van der Waals surface area (Å²) in [6.07, 6.45) is 1.85. The first-order chi connectivity index (χ1) is 9.83. The molecule has 0 saturated carbocycles. The van der Waals surface area contributed by atoms with E-state index in [2.05, 4.69) is 15.5 Å². The van der Waals surface area contributed by atoms with Gasteiger partial charge in [-0.25, -0.2) is 4.79 Å². The van der Waals surface area contributed by atoms with Crippen LogP contribution >= 0.6 is 0 Å². The molecule has 0 bridgehead atoms. The van der Waals surface area contributed by atoms with Crippen LogP contribution in [0.2, 0.25) is 0 Å². The monoisotopic (exact) mass is 296 g/mol. The van der Waals surface area contributed by atoms with E-state index in [1.165, 1.54) is 6.20 Å². The Morgan fingerprint density at radius 3 is 2.67 bits per heavy atom. The number of ether oxygens (including phenoxy) is 1. The van der Waals surface area contributed by atoms with Gasteiger partial charge in [-0.2, -0.15) is 5.10 Å². The van der Waals surface area contributed by atoms with Gasteiger partial charge in [0.15, 0.2) is 0 Å². The normalized spacial score (nSPS) is 11.0. The van der Waals surface area contributed by atoms with Crippen LogP contribution in [0.25, 0.3) is 0 Å². The van der Waals surface area contributed by atoms with Crippen molar-refractivity contribution in [3.63, 3.8) is 0 Å². The molecule has 0 fully saturated rings. The van der Waals surface area contributed by atoms with Gasteiger partial charge in [0, 0.05) is 25.8 Å². The Labute approximate surface area is 125 Å². The smallest absolute Gasteiger partial charge is 0.410 e. The Bertz CT molecular complexity index is 451. The van der Waals surface area contributed by atoms with E-state index in [9.17, 15) is 9.59 Å². The van der Waals surface area contributed by atoms with Crippen LogP contribution in [-0.2, 0) is 4.74 Å². The minimum atomic E-state index is -0.501. The molecule has 0 unspecified atom stereocenters. The second-order valence-corrected chi connectivity index (χ2v) is 5.64. The molecule has 1 heterocycles. The number of hydrogen-bond donors (Lipinski definition) is 2. The molecule has 0 aliphatic rings. The minimum absolute atomic E-state index is 0.201. The molecule has 2 N–H and O–H groups in total. The molecule has 7 nitrogen and oxygen atoms in total. The van der Waals surface area contributed by atoms with E-state index < -0.39 is 5.60 Å². The predicted octanol–water partition coefficient (Wildman–Crippen LogP) is 1.79. The Balaban J connectivity index is 2.29. The van der Waals surface area contributed by atoms with Gasteiger partial charge in [-0.15, -0.1) is 0 Å². The van der Waals surface area contributed by atoms with E-state index in [1.54, 1.807) is 11.0 Å². The lowest BCUT2D eigenvalue weighted by molar-refractivity contribution is 0.0259. The van der Waals surface area contributed by atoms with Crippen LogP contribution in [0.4, 0.5) is 4.79 Å². The largest absolute Gasteiger partial charge is 0.444 e. The second-order valence-electron chi connectivity index (χ2n) is 5.64. The number of carbonyl (C=O) groups excluding carboxylic acids is 2. The molecule has 0 aliphatic heterocycles. The third-order valence-electron chi connectivity index (χ3n) is 2.67. The maximum atomic E-state index is 11.9. The van der Waals surface area contributed by atoms with Crippen molar-refractivity contribution in [2.75, 3.05) is 19.6 Å². The van der Waals surface area contributed by atoms with E-state index >= 15 is 0 Å². The van der Waals surface area contributed by atoms with Gasteiger partial charge >= 0.3 is 6.09 Å². The fourth-order valence-corrected chi connectivity index (χ4v) is 1.65. The summed E-state index contributed by atoms with van der Waals surface area (Å²) in [6, 6.07) is 1.61. The maximum absolute atomic E-state index is 11.9. The zero-order valence-electron chi connectivity index (χ0n) is 13.1. The summed E-state index contributed by atoms with van der Waals surface area (Å²) >= 11 is 0. The zero-order chi connectivity index (χ0) is 15.9. The van der Waals surface area contributed by atoms with Gasteiger partial charge in [0.1, 0.15) is 11.3 Å². The molecule has 0 atom stereocenters. The molecule has 118 valence electrons. The molecule has 0 aromatic carbocycles. The van der Waals surface area contributed by atoms with Crippen molar-refractivity contribution in [3.05, 3.63) is 18.0 Å². The summed E-state index contributed by atoms with van der Waals surface area (Å²) in [5.41, 5.74) is -0.0752. The van der Waals surface area contributed by atoms with E-state index in [0.717, 1.165) is 0 Å². The summed E-state index contributed by atoms with van der Waals surface area (Å²) in [4.78, 5) is 25.2. The van der Waals surface area contributed by atoms with E-state index in [-0.39, 0.29) is 12.0 Å². The molecular weight excluding hydrogens is 272 g/mol. The number of nitrogens with zero attached hydrogens (tertiary/aromatic N) is 2. The van der Waals surface area contributed by atoms with Crippen molar-refractivity contribution >= 4 is 12.0 Å². The van der Waals surface area contributed by atoms with Gasteiger partial charge in [-0.3, -0.25) is 9.89 Å². The highest BCUT2D eigenvalue weighted by atomic mass is 16.6. The van der Waals surface area contributed by atoms with Gasteiger partial charge in [-0.1, -0.05) is 0 Å². The molecule has 1 aromatic heterocycles. The standard InChI is InChI=1S/C14H24N4O3/c1-5-18(13(20)21-14(2,3)4)10-6-8-15-12(19)11-7-9-16-17-11/h7,9H,5-6,8,10H2,1-4H3,(H,15,19)(H,16,17). The minimum Gasteiger partial charge on any atom is -0.444 e. The molecule has 0 saturated heterocycles. The summed E-state index contributed by atoms with van der Waals surface area (Å²) in [7, 11) is 0. The Morgan fingerprint density at radius 1 is 1.43 bits per heavy atom. The zero-order valence-corrected chi connectivity index (χ0v) is 13.1. The van der Waals surface area contributed by atoms with Gasteiger partial charge in [0.25, 0.3) is 5.91 Å². The number of rotatable bonds is 6. The number of carbonyl (C=O) groups is 2. The number of nitrogens with one attached hydrogen (secondary N) is 2. The Hall–Kier alpha value is -2.05. The lowest BCUT2D eigenvalue weighted by Crippen LogP contribution is -2.38.